The molecule has 5 aliphatic rings. The zero-order valence-electron chi connectivity index (χ0n) is 30.8. The van der Waals surface area contributed by atoms with Crippen LogP contribution in [0.2, 0.25) is 10.0 Å². The second-order valence-electron chi connectivity index (χ2n) is 15.7. The number of methoxy groups -OCH3 is 2. The van der Waals surface area contributed by atoms with Gasteiger partial charge in [-0.3, -0.25) is 14.5 Å². The predicted octanol–water partition coefficient (Wildman–Crippen LogP) is 6.81. The second kappa shape index (κ2) is 13.8. The van der Waals surface area contributed by atoms with Gasteiger partial charge in [0.1, 0.15) is 0 Å². The molecule has 4 aromatic rings. The number of fused-ring (bicyclic) bond motifs is 2. The molecule has 54 heavy (non-hydrogen) atoms. The third kappa shape index (κ3) is 6.02. The van der Waals surface area contributed by atoms with Crippen LogP contribution in [-0.4, -0.2) is 84.6 Å². The minimum Gasteiger partial charge on any atom is -0.481 e. The van der Waals surface area contributed by atoms with E-state index in [0.29, 0.717) is 34.8 Å². The third-order valence-corrected chi connectivity index (χ3v) is 13.0. The number of amides is 2. The molecule has 2 N–H and O–H groups in total. The highest BCUT2D eigenvalue weighted by Crippen LogP contribution is 2.51. The Morgan fingerprint density at radius 2 is 1.41 bits per heavy atom. The van der Waals surface area contributed by atoms with Gasteiger partial charge in [0, 0.05) is 103 Å². The molecular weight excluding hydrogens is 723 g/mol. The van der Waals surface area contributed by atoms with E-state index in [1.54, 1.807) is 21.1 Å². The first kappa shape index (κ1) is 35.5. The average molecular weight is 768 g/mol. The Balaban J connectivity index is 0.980. The first-order valence-corrected chi connectivity index (χ1v) is 19.7. The molecule has 0 unspecified atom stereocenters. The number of likely N-dealkylation sites (tertiary alicyclic amines) is 2. The highest BCUT2D eigenvalue weighted by molar-refractivity contribution is 6.39. The Morgan fingerprint density at radius 3 is 1.98 bits per heavy atom. The van der Waals surface area contributed by atoms with Crippen LogP contribution >= 0.6 is 23.2 Å². The van der Waals surface area contributed by atoms with Crippen molar-refractivity contribution < 1.29 is 19.1 Å². The molecule has 3 saturated heterocycles. The number of carbonyl (C=O) groups excluding carboxylic acids is 2. The van der Waals surface area contributed by atoms with Crippen LogP contribution in [0.3, 0.4) is 0 Å². The molecular formula is C42H44Cl2N6O4. The molecule has 10 nitrogen and oxygen atoms in total. The highest BCUT2D eigenvalue weighted by Gasteiger charge is 2.55. The quantitative estimate of drug-likeness (QED) is 0.192. The van der Waals surface area contributed by atoms with Crippen LogP contribution in [0, 0.1) is 5.41 Å². The van der Waals surface area contributed by atoms with Crippen molar-refractivity contribution in [1.82, 2.24) is 30.4 Å². The number of benzene rings is 2. The maximum atomic E-state index is 11.8. The van der Waals surface area contributed by atoms with Crippen molar-refractivity contribution in [2.24, 2.45) is 5.41 Å². The van der Waals surface area contributed by atoms with E-state index in [4.69, 9.17) is 42.6 Å². The summed E-state index contributed by atoms with van der Waals surface area (Å²) in [6.45, 7) is 6.06. The van der Waals surface area contributed by atoms with Crippen LogP contribution < -0.4 is 20.1 Å². The number of hydrogen-bond donors (Lipinski definition) is 2. The highest BCUT2D eigenvalue weighted by atomic mass is 35.5. The number of hydrogen-bond acceptors (Lipinski definition) is 8. The Labute approximate surface area is 325 Å². The summed E-state index contributed by atoms with van der Waals surface area (Å²) < 4.78 is 11.8. The summed E-state index contributed by atoms with van der Waals surface area (Å²) in [6, 6.07) is 16.7. The van der Waals surface area contributed by atoms with Gasteiger partial charge in [0.15, 0.2) is 0 Å². The Morgan fingerprint density at radius 1 is 0.833 bits per heavy atom. The molecule has 12 heteroatoms. The summed E-state index contributed by atoms with van der Waals surface area (Å²) in [6.07, 6.45) is 5.20. The van der Waals surface area contributed by atoms with E-state index in [2.05, 4.69) is 27.7 Å². The molecule has 2 aromatic heterocycles. The first-order valence-electron chi connectivity index (χ1n) is 18.9. The van der Waals surface area contributed by atoms with E-state index in [-0.39, 0.29) is 35.4 Å². The fourth-order valence-electron chi connectivity index (χ4n) is 9.56. The zero-order chi connectivity index (χ0) is 37.3. The lowest BCUT2D eigenvalue weighted by molar-refractivity contribution is -0.161. The number of nitrogens with one attached hydrogen (secondary N) is 2. The summed E-state index contributed by atoms with van der Waals surface area (Å²) in [7, 11) is 3.35. The molecule has 3 fully saturated rings. The van der Waals surface area contributed by atoms with E-state index in [0.717, 1.165) is 97.5 Å². The van der Waals surface area contributed by atoms with Crippen LogP contribution in [0.15, 0.2) is 48.5 Å². The number of aromatic nitrogens is 2. The van der Waals surface area contributed by atoms with Crippen molar-refractivity contribution in [2.45, 2.75) is 63.6 Å². The first-order chi connectivity index (χ1) is 26.1. The fraction of sp³-hybridized carbons (Fsp3) is 0.429. The molecule has 5 heterocycles. The lowest BCUT2D eigenvalue weighted by atomic mass is 9.72. The van der Waals surface area contributed by atoms with Gasteiger partial charge in [-0.25, -0.2) is 9.97 Å². The van der Waals surface area contributed by atoms with Crippen LogP contribution in [-0.2, 0) is 22.4 Å². The number of nitrogens with zero attached hydrogens (tertiary/aromatic N) is 4. The Hall–Kier alpha value is -4.22. The van der Waals surface area contributed by atoms with Crippen molar-refractivity contribution in [2.75, 3.05) is 46.9 Å². The molecule has 280 valence electrons. The molecule has 0 saturated carbocycles. The number of ether oxygens (including phenoxy) is 2. The zero-order valence-corrected chi connectivity index (χ0v) is 32.3. The van der Waals surface area contributed by atoms with Crippen molar-refractivity contribution in [1.29, 1.82) is 0 Å². The number of carbonyl (C=O) groups is 2. The second-order valence-corrected chi connectivity index (χ2v) is 16.4. The Kier molecular flexibility index (Phi) is 9.08. The molecule has 1 spiro atoms. The third-order valence-electron chi connectivity index (χ3n) is 12.2. The van der Waals surface area contributed by atoms with Crippen LogP contribution in [0.25, 0.3) is 33.6 Å². The fourth-order valence-corrected chi connectivity index (χ4v) is 10.2. The summed E-state index contributed by atoms with van der Waals surface area (Å²) in [4.78, 5) is 38.0. The maximum absolute atomic E-state index is 11.8. The lowest BCUT2D eigenvalue weighted by Crippen LogP contribution is -2.72. The number of rotatable bonds is 9. The number of aryl methyl sites for hydroxylation is 2. The van der Waals surface area contributed by atoms with E-state index in [1.165, 1.54) is 16.7 Å². The van der Waals surface area contributed by atoms with Gasteiger partial charge in [-0.05, 0) is 55.4 Å². The summed E-state index contributed by atoms with van der Waals surface area (Å²) in [5.74, 6) is 1.51. The number of pyridine rings is 2. The van der Waals surface area contributed by atoms with Crippen molar-refractivity contribution >= 4 is 35.0 Å². The molecule has 3 atom stereocenters. The summed E-state index contributed by atoms with van der Waals surface area (Å²) in [5.41, 5.74) is 9.64. The largest absolute Gasteiger partial charge is 0.481 e. The minimum atomic E-state index is 0.102. The molecule has 0 bridgehead atoms. The van der Waals surface area contributed by atoms with Crippen LogP contribution in [0.5, 0.6) is 11.8 Å². The monoisotopic (exact) mass is 766 g/mol. The van der Waals surface area contributed by atoms with E-state index < -0.39 is 0 Å². The van der Waals surface area contributed by atoms with Gasteiger partial charge >= 0.3 is 0 Å². The topological polar surface area (TPSA) is 109 Å². The molecule has 9 rings (SSSR count). The van der Waals surface area contributed by atoms with Crippen molar-refractivity contribution in [3.05, 3.63) is 80.8 Å². The van der Waals surface area contributed by atoms with Gasteiger partial charge in [0.25, 0.3) is 0 Å². The normalized spacial score (nSPS) is 22.4. The predicted molar refractivity (Wildman–Crippen MR) is 209 cm³/mol. The van der Waals surface area contributed by atoms with Crippen LogP contribution in [0.4, 0.5) is 0 Å². The van der Waals surface area contributed by atoms with Crippen molar-refractivity contribution in [3.63, 3.8) is 0 Å². The van der Waals surface area contributed by atoms with Gasteiger partial charge in [0.05, 0.1) is 35.7 Å². The molecule has 2 aromatic carbocycles. The summed E-state index contributed by atoms with van der Waals surface area (Å²) >= 11 is 14.5. The van der Waals surface area contributed by atoms with Gasteiger partial charge < -0.3 is 25.0 Å². The van der Waals surface area contributed by atoms with Gasteiger partial charge in [-0.2, -0.15) is 0 Å². The lowest BCUT2D eigenvalue weighted by Gasteiger charge is -2.61. The smallest absolute Gasteiger partial charge is 0.220 e. The Bertz CT molecular complexity index is 2180. The van der Waals surface area contributed by atoms with Crippen LogP contribution in [0.1, 0.15) is 66.9 Å². The summed E-state index contributed by atoms with van der Waals surface area (Å²) in [5, 5.41) is 7.81. The van der Waals surface area contributed by atoms with E-state index in [9.17, 15) is 9.59 Å². The van der Waals surface area contributed by atoms with Gasteiger partial charge in [-0.15, -0.1) is 0 Å². The van der Waals surface area contributed by atoms with E-state index in [1.807, 2.05) is 41.3 Å². The molecule has 2 aliphatic carbocycles. The number of halogens is 2. The van der Waals surface area contributed by atoms with Gasteiger partial charge in [-0.1, -0.05) is 59.6 Å². The maximum Gasteiger partial charge on any atom is 0.220 e. The molecule has 0 radical (unpaired) electrons. The molecule has 3 aliphatic heterocycles. The minimum absolute atomic E-state index is 0.102. The molecule has 2 amide bonds. The average Bonchev–Trinajstić information content (AvgIpc) is 3.87. The standard InChI is InChI=1S/C42H44Cl2N6O4/c1-23(51)49-19-42(20-49)21-50(22-42)34-14-11-25-17-33(48-41(54-3)37(25)34)30-9-5-7-28(39(30)44)27-6-4-8-29(38(27)43)32-16-24-10-13-31(36(24)40(47-32)53-2)45-18-26-12-15-35(52)46-26/h4-9,16-17,26,31,34,45H,10-15,18-22H2,1-3H3,(H,46,52)/t26-,31+,34-/m0/s1. The van der Waals surface area contributed by atoms with Gasteiger partial charge in [0.2, 0.25) is 23.6 Å². The van der Waals surface area contributed by atoms with E-state index >= 15 is 0 Å². The SMILES string of the molecule is COc1nc(-c2cccc(-c3cccc(-c4cc5c(c(OC)n4)[C@@H](N4CC6(CN(C(C)=O)C6)C4)CC5)c3Cl)c2Cl)cc2c1[C@H](NC[C@@H]1CCC(=O)N1)CC2. The van der Waals surface area contributed by atoms with Crippen molar-refractivity contribution in [3.8, 4) is 45.4 Å².